The molecule has 0 saturated carbocycles. The number of pyridine rings is 2. The highest BCUT2D eigenvalue weighted by molar-refractivity contribution is 6.31. The number of nitrogens with one attached hydrogen (secondary N) is 1. The summed E-state index contributed by atoms with van der Waals surface area (Å²) >= 11 is 6.30. The first-order chi connectivity index (χ1) is 13.3. The second-order valence-electron chi connectivity index (χ2n) is 6.69. The van der Waals surface area contributed by atoms with Gasteiger partial charge >= 0.3 is 0 Å². The molecule has 1 amide bonds. The fraction of sp³-hybridized carbons (Fsp3) is 0.190. The topological polar surface area (TPSA) is 84.3 Å². The van der Waals surface area contributed by atoms with E-state index in [9.17, 15) is 9.90 Å². The van der Waals surface area contributed by atoms with E-state index in [0.29, 0.717) is 21.9 Å². The van der Waals surface area contributed by atoms with E-state index in [1.165, 1.54) is 0 Å². The summed E-state index contributed by atoms with van der Waals surface area (Å²) in [6.45, 7) is 3.60. The van der Waals surface area contributed by atoms with Gasteiger partial charge in [0, 0.05) is 24.0 Å². The maximum Gasteiger partial charge on any atom is 0.257 e. The highest BCUT2D eigenvalue weighted by Gasteiger charge is 2.18. The van der Waals surface area contributed by atoms with E-state index in [-0.39, 0.29) is 18.3 Å². The van der Waals surface area contributed by atoms with Gasteiger partial charge in [-0.3, -0.25) is 9.78 Å². The molecule has 2 N–H and O–H groups in total. The van der Waals surface area contributed by atoms with E-state index in [1.807, 2.05) is 0 Å². The molecule has 144 valence electrons. The van der Waals surface area contributed by atoms with Crippen LogP contribution in [0.5, 0.6) is 11.6 Å². The number of nitrogens with zero attached hydrogens (tertiary/aromatic N) is 2. The minimum absolute atomic E-state index is 0.191. The summed E-state index contributed by atoms with van der Waals surface area (Å²) < 4.78 is 5.67. The molecule has 0 aliphatic rings. The number of aliphatic hydroxyl groups is 1. The molecule has 0 fully saturated rings. The summed E-state index contributed by atoms with van der Waals surface area (Å²) in [5.41, 5.74) is 0.754. The Hall–Kier alpha value is -2.96. The summed E-state index contributed by atoms with van der Waals surface area (Å²) in [6.07, 6.45) is 4.72. The Morgan fingerprint density at radius 2 is 2.00 bits per heavy atom. The van der Waals surface area contributed by atoms with Gasteiger partial charge in [-0.15, -0.1) is 0 Å². The first-order valence-corrected chi connectivity index (χ1v) is 9.05. The van der Waals surface area contributed by atoms with Crippen molar-refractivity contribution in [3.05, 3.63) is 82.8 Å². The summed E-state index contributed by atoms with van der Waals surface area (Å²) in [5, 5.41) is 13.4. The van der Waals surface area contributed by atoms with Crippen LogP contribution in [-0.4, -0.2) is 21.0 Å². The number of hydrogen-bond donors (Lipinski definition) is 2. The molecule has 2 aromatic heterocycles. The van der Waals surface area contributed by atoms with Crippen molar-refractivity contribution in [2.24, 2.45) is 0 Å². The molecule has 0 spiro atoms. The monoisotopic (exact) mass is 397 g/mol. The molecule has 0 saturated heterocycles. The van der Waals surface area contributed by atoms with Crippen LogP contribution in [0.15, 0.2) is 61.1 Å². The molecule has 3 aromatic rings. The Morgan fingerprint density at radius 1 is 1.21 bits per heavy atom. The van der Waals surface area contributed by atoms with Crippen molar-refractivity contribution in [1.82, 2.24) is 15.3 Å². The number of ether oxygens (including phenoxy) is 1. The van der Waals surface area contributed by atoms with Crippen LogP contribution in [0.1, 0.15) is 35.3 Å². The van der Waals surface area contributed by atoms with Gasteiger partial charge < -0.3 is 15.2 Å². The van der Waals surface area contributed by atoms with Crippen LogP contribution in [0.3, 0.4) is 0 Å². The molecule has 0 aliphatic carbocycles. The van der Waals surface area contributed by atoms with Gasteiger partial charge in [-0.25, -0.2) is 4.98 Å². The Kier molecular flexibility index (Phi) is 5.92. The van der Waals surface area contributed by atoms with Crippen molar-refractivity contribution in [1.29, 1.82) is 0 Å². The summed E-state index contributed by atoms with van der Waals surface area (Å²) in [5.74, 6) is 0.339. The lowest BCUT2D eigenvalue weighted by molar-refractivity contribution is 0.0785. The average Bonchev–Trinajstić information content (AvgIpc) is 2.67. The third-order valence-corrected chi connectivity index (χ3v) is 4.42. The zero-order chi connectivity index (χ0) is 20.1. The Labute approximate surface area is 168 Å². The van der Waals surface area contributed by atoms with Gasteiger partial charge in [0.15, 0.2) is 0 Å². The van der Waals surface area contributed by atoms with E-state index >= 15 is 0 Å². The third kappa shape index (κ3) is 4.85. The predicted molar refractivity (Wildman–Crippen MR) is 106 cm³/mol. The van der Waals surface area contributed by atoms with Gasteiger partial charge in [-0.05, 0) is 55.3 Å². The standard InChI is InChI=1S/C21H20ClN3O3/c1-21(2,27)15-8-7-14(18(22)11-15)12-25-19(26)17-6-4-10-24-20(17)28-16-5-3-9-23-13-16/h3-11,13,27H,12H2,1-2H3,(H,25,26). The van der Waals surface area contributed by atoms with E-state index in [4.69, 9.17) is 16.3 Å². The van der Waals surface area contributed by atoms with E-state index in [1.54, 1.807) is 74.9 Å². The van der Waals surface area contributed by atoms with Crippen LogP contribution < -0.4 is 10.1 Å². The maximum absolute atomic E-state index is 12.6. The number of rotatable bonds is 6. The molecule has 0 radical (unpaired) electrons. The quantitative estimate of drug-likeness (QED) is 0.654. The van der Waals surface area contributed by atoms with Gasteiger partial charge in [0.1, 0.15) is 11.3 Å². The van der Waals surface area contributed by atoms with Crippen molar-refractivity contribution >= 4 is 17.5 Å². The number of halogens is 1. The van der Waals surface area contributed by atoms with Crippen LogP contribution in [0, 0.1) is 0 Å². The second-order valence-corrected chi connectivity index (χ2v) is 7.10. The fourth-order valence-electron chi connectivity index (χ4n) is 2.51. The lowest BCUT2D eigenvalue weighted by Crippen LogP contribution is -2.24. The first-order valence-electron chi connectivity index (χ1n) is 8.67. The number of benzene rings is 1. The van der Waals surface area contributed by atoms with Crippen molar-refractivity contribution < 1.29 is 14.6 Å². The molecule has 3 rings (SSSR count). The first kappa shape index (κ1) is 19.8. The van der Waals surface area contributed by atoms with Gasteiger partial charge in [0.2, 0.25) is 5.88 Å². The van der Waals surface area contributed by atoms with E-state index in [2.05, 4.69) is 15.3 Å². The smallest absolute Gasteiger partial charge is 0.257 e. The molecule has 7 heteroatoms. The lowest BCUT2D eigenvalue weighted by atomic mass is 9.97. The molecule has 0 bridgehead atoms. The lowest BCUT2D eigenvalue weighted by Gasteiger charge is -2.19. The highest BCUT2D eigenvalue weighted by atomic mass is 35.5. The molecule has 0 atom stereocenters. The van der Waals surface area contributed by atoms with Crippen LogP contribution in [0.25, 0.3) is 0 Å². The SMILES string of the molecule is CC(C)(O)c1ccc(CNC(=O)c2cccnc2Oc2cccnc2)c(Cl)c1. The summed E-state index contributed by atoms with van der Waals surface area (Å²) in [6, 6.07) is 12.0. The van der Waals surface area contributed by atoms with Crippen LogP contribution in [0.4, 0.5) is 0 Å². The maximum atomic E-state index is 12.6. The minimum atomic E-state index is -0.986. The van der Waals surface area contributed by atoms with Crippen LogP contribution >= 0.6 is 11.6 Å². The van der Waals surface area contributed by atoms with Crippen LogP contribution in [0.2, 0.25) is 5.02 Å². The summed E-state index contributed by atoms with van der Waals surface area (Å²) in [7, 11) is 0. The predicted octanol–water partition coefficient (Wildman–Crippen LogP) is 4.08. The molecular weight excluding hydrogens is 378 g/mol. The average molecular weight is 398 g/mol. The normalized spacial score (nSPS) is 11.1. The molecule has 2 heterocycles. The van der Waals surface area contributed by atoms with Gasteiger partial charge in [0.25, 0.3) is 5.91 Å². The Morgan fingerprint density at radius 3 is 2.68 bits per heavy atom. The van der Waals surface area contributed by atoms with E-state index in [0.717, 1.165) is 5.56 Å². The summed E-state index contributed by atoms with van der Waals surface area (Å²) in [4.78, 5) is 20.8. The zero-order valence-electron chi connectivity index (χ0n) is 15.5. The number of amides is 1. The molecule has 0 aliphatic heterocycles. The van der Waals surface area contributed by atoms with Crippen molar-refractivity contribution in [2.75, 3.05) is 0 Å². The Balaban J connectivity index is 1.72. The number of carbonyl (C=O) groups excluding carboxylic acids is 1. The third-order valence-electron chi connectivity index (χ3n) is 4.06. The van der Waals surface area contributed by atoms with Crippen molar-refractivity contribution in [3.63, 3.8) is 0 Å². The number of carbonyl (C=O) groups is 1. The van der Waals surface area contributed by atoms with Gasteiger partial charge in [0.05, 0.1) is 11.8 Å². The largest absolute Gasteiger partial charge is 0.437 e. The molecule has 28 heavy (non-hydrogen) atoms. The second kappa shape index (κ2) is 8.37. The molecular formula is C21H20ClN3O3. The zero-order valence-corrected chi connectivity index (χ0v) is 16.3. The highest BCUT2D eigenvalue weighted by Crippen LogP contribution is 2.26. The van der Waals surface area contributed by atoms with Crippen LogP contribution in [-0.2, 0) is 12.1 Å². The molecule has 6 nitrogen and oxygen atoms in total. The molecule has 1 aromatic carbocycles. The fourth-order valence-corrected chi connectivity index (χ4v) is 2.75. The number of aromatic nitrogens is 2. The van der Waals surface area contributed by atoms with Gasteiger partial charge in [-0.1, -0.05) is 23.7 Å². The Bertz CT molecular complexity index is 972. The van der Waals surface area contributed by atoms with Gasteiger partial charge in [-0.2, -0.15) is 0 Å². The van der Waals surface area contributed by atoms with E-state index < -0.39 is 5.60 Å². The molecule has 0 unspecified atom stereocenters. The van der Waals surface area contributed by atoms with Crippen molar-refractivity contribution in [2.45, 2.75) is 26.0 Å². The van der Waals surface area contributed by atoms with Crippen molar-refractivity contribution in [3.8, 4) is 11.6 Å². The number of hydrogen-bond acceptors (Lipinski definition) is 5. The minimum Gasteiger partial charge on any atom is -0.437 e.